The van der Waals surface area contributed by atoms with Crippen molar-refractivity contribution < 1.29 is 5.21 Å². The topological polar surface area (TPSA) is 32.6 Å². The smallest absolute Gasteiger partial charge is 0.0746 e. The number of hydrogen-bond acceptors (Lipinski definition) is 2. The van der Waals surface area contributed by atoms with Gasteiger partial charge in [-0.1, -0.05) is 53.2 Å². The molecule has 0 heterocycles. The first-order chi connectivity index (χ1) is 8.81. The van der Waals surface area contributed by atoms with Crippen LogP contribution < -0.4 is 0 Å². The van der Waals surface area contributed by atoms with Gasteiger partial charge in [0, 0.05) is 16.0 Å². The zero-order chi connectivity index (χ0) is 12.5. The lowest BCUT2D eigenvalue weighted by Gasteiger charge is -2.08. The van der Waals surface area contributed by atoms with E-state index in [1.54, 1.807) is 0 Å². The van der Waals surface area contributed by atoms with Gasteiger partial charge in [-0.25, -0.2) is 0 Å². The number of halogens is 1. The van der Waals surface area contributed by atoms with Gasteiger partial charge in [0.25, 0.3) is 0 Å². The minimum absolute atomic E-state index is 0.660. The molecule has 0 aliphatic carbocycles. The standard InChI is InChI=1S/C15H10ClNO/c16-14-7-3-5-11-8-10-4-1-2-6-12(10)13(9-17-18)15(11)14/h1-9,18H/b17-9-. The van der Waals surface area contributed by atoms with Crippen LogP contribution >= 0.6 is 11.6 Å². The summed E-state index contributed by atoms with van der Waals surface area (Å²) in [5.41, 5.74) is 0.844. The Labute approximate surface area is 109 Å². The van der Waals surface area contributed by atoms with Crippen LogP contribution in [0, 0.1) is 0 Å². The second kappa shape index (κ2) is 4.31. The van der Waals surface area contributed by atoms with Gasteiger partial charge in [-0.15, -0.1) is 0 Å². The molecule has 0 fully saturated rings. The average Bonchev–Trinajstić information content (AvgIpc) is 2.39. The molecule has 3 aromatic carbocycles. The van der Waals surface area contributed by atoms with Crippen molar-refractivity contribution in [3.63, 3.8) is 0 Å². The second-order valence-electron chi connectivity index (χ2n) is 4.09. The molecule has 0 saturated carbocycles. The summed E-state index contributed by atoms with van der Waals surface area (Å²) < 4.78 is 0. The monoisotopic (exact) mass is 255 g/mol. The first kappa shape index (κ1) is 11.1. The molecule has 0 unspecified atom stereocenters. The van der Waals surface area contributed by atoms with Gasteiger partial charge in [0.15, 0.2) is 0 Å². The molecule has 0 atom stereocenters. The Morgan fingerprint density at radius 1 is 1.00 bits per heavy atom. The number of nitrogens with zero attached hydrogens (tertiary/aromatic N) is 1. The molecule has 0 spiro atoms. The van der Waals surface area contributed by atoms with Crippen LogP contribution in [0.3, 0.4) is 0 Å². The molecule has 3 heteroatoms. The molecule has 2 nitrogen and oxygen atoms in total. The highest BCUT2D eigenvalue weighted by molar-refractivity contribution is 6.37. The SMILES string of the molecule is O/N=C\c1c2ccccc2cc2cccc(Cl)c12. The normalized spacial score (nSPS) is 11.6. The van der Waals surface area contributed by atoms with Crippen molar-refractivity contribution in [3.05, 3.63) is 59.1 Å². The van der Waals surface area contributed by atoms with E-state index in [0.29, 0.717) is 5.02 Å². The maximum Gasteiger partial charge on any atom is 0.0746 e. The van der Waals surface area contributed by atoms with Gasteiger partial charge >= 0.3 is 0 Å². The molecule has 88 valence electrons. The van der Waals surface area contributed by atoms with Crippen molar-refractivity contribution >= 4 is 39.4 Å². The fraction of sp³-hybridized carbons (Fsp3) is 0. The lowest BCUT2D eigenvalue weighted by Crippen LogP contribution is -1.89. The molecule has 3 aromatic rings. The lowest BCUT2D eigenvalue weighted by atomic mass is 9.97. The Morgan fingerprint density at radius 2 is 1.78 bits per heavy atom. The maximum absolute atomic E-state index is 8.86. The zero-order valence-electron chi connectivity index (χ0n) is 9.47. The highest BCUT2D eigenvalue weighted by Crippen LogP contribution is 2.32. The molecular weight excluding hydrogens is 246 g/mol. The predicted molar refractivity (Wildman–Crippen MR) is 75.8 cm³/mol. The highest BCUT2D eigenvalue weighted by Gasteiger charge is 2.08. The number of oxime groups is 1. The molecule has 0 bridgehead atoms. The van der Waals surface area contributed by atoms with Gasteiger partial charge in [-0.2, -0.15) is 0 Å². The first-order valence-electron chi connectivity index (χ1n) is 5.58. The molecule has 0 aliphatic rings. The number of hydrogen-bond donors (Lipinski definition) is 1. The van der Waals surface area contributed by atoms with E-state index in [1.807, 2.05) is 42.5 Å². The van der Waals surface area contributed by atoms with E-state index < -0.39 is 0 Å². The first-order valence-corrected chi connectivity index (χ1v) is 5.96. The van der Waals surface area contributed by atoms with Gasteiger partial charge in [-0.3, -0.25) is 0 Å². The fourth-order valence-electron chi connectivity index (χ4n) is 2.31. The molecule has 0 aromatic heterocycles. The van der Waals surface area contributed by atoms with Crippen molar-refractivity contribution in [1.82, 2.24) is 0 Å². The molecule has 0 amide bonds. The summed E-state index contributed by atoms with van der Waals surface area (Å²) >= 11 is 6.26. The number of fused-ring (bicyclic) bond motifs is 2. The van der Waals surface area contributed by atoms with Crippen molar-refractivity contribution in [1.29, 1.82) is 0 Å². The minimum atomic E-state index is 0.660. The number of rotatable bonds is 1. The molecule has 3 rings (SSSR count). The van der Waals surface area contributed by atoms with Crippen LogP contribution in [0.15, 0.2) is 53.7 Å². The summed E-state index contributed by atoms with van der Waals surface area (Å²) in [5, 5.41) is 16.8. The van der Waals surface area contributed by atoms with Gasteiger partial charge in [-0.05, 0) is 28.3 Å². The summed E-state index contributed by atoms with van der Waals surface area (Å²) in [6.07, 6.45) is 1.44. The van der Waals surface area contributed by atoms with E-state index in [1.165, 1.54) is 6.21 Å². The van der Waals surface area contributed by atoms with Gasteiger partial charge in [0.05, 0.1) is 6.21 Å². The quantitative estimate of drug-likeness (QED) is 0.296. The van der Waals surface area contributed by atoms with Crippen LogP contribution in [0.1, 0.15) is 5.56 Å². The van der Waals surface area contributed by atoms with Crippen molar-refractivity contribution in [2.24, 2.45) is 5.16 Å². The summed E-state index contributed by atoms with van der Waals surface area (Å²) in [6, 6.07) is 15.8. The van der Waals surface area contributed by atoms with Crippen LogP contribution in [0.2, 0.25) is 5.02 Å². The highest BCUT2D eigenvalue weighted by atomic mass is 35.5. The third kappa shape index (κ3) is 1.62. The molecule has 0 saturated heterocycles. The Kier molecular flexibility index (Phi) is 2.65. The van der Waals surface area contributed by atoms with Crippen LogP contribution in [0.25, 0.3) is 21.5 Å². The summed E-state index contributed by atoms with van der Waals surface area (Å²) in [6.45, 7) is 0. The molecule has 18 heavy (non-hydrogen) atoms. The van der Waals surface area contributed by atoms with E-state index in [9.17, 15) is 0 Å². The van der Waals surface area contributed by atoms with E-state index >= 15 is 0 Å². The minimum Gasteiger partial charge on any atom is -0.411 e. The van der Waals surface area contributed by atoms with E-state index in [4.69, 9.17) is 16.8 Å². The Hall–Kier alpha value is -2.06. The summed E-state index contributed by atoms with van der Waals surface area (Å²) in [4.78, 5) is 0. The van der Waals surface area contributed by atoms with Crippen molar-refractivity contribution in [3.8, 4) is 0 Å². The molecule has 0 aliphatic heterocycles. The van der Waals surface area contributed by atoms with E-state index in [-0.39, 0.29) is 0 Å². The van der Waals surface area contributed by atoms with Crippen molar-refractivity contribution in [2.75, 3.05) is 0 Å². The van der Waals surface area contributed by atoms with Crippen LogP contribution in [0.4, 0.5) is 0 Å². The molecular formula is C15H10ClNO. The Morgan fingerprint density at radius 3 is 2.61 bits per heavy atom. The Balaban J connectivity index is 2.60. The zero-order valence-corrected chi connectivity index (χ0v) is 10.2. The van der Waals surface area contributed by atoms with Crippen LogP contribution in [-0.2, 0) is 0 Å². The van der Waals surface area contributed by atoms with E-state index in [2.05, 4.69) is 11.2 Å². The van der Waals surface area contributed by atoms with Crippen LogP contribution in [-0.4, -0.2) is 11.4 Å². The van der Waals surface area contributed by atoms with Crippen molar-refractivity contribution in [2.45, 2.75) is 0 Å². The third-order valence-electron chi connectivity index (χ3n) is 3.06. The maximum atomic E-state index is 8.86. The third-order valence-corrected chi connectivity index (χ3v) is 3.38. The lowest BCUT2D eigenvalue weighted by molar-refractivity contribution is 0.322. The van der Waals surface area contributed by atoms with Gasteiger partial charge in [0.1, 0.15) is 0 Å². The fourth-order valence-corrected chi connectivity index (χ4v) is 2.59. The van der Waals surface area contributed by atoms with Gasteiger partial charge in [0.2, 0.25) is 0 Å². The van der Waals surface area contributed by atoms with Gasteiger partial charge < -0.3 is 5.21 Å². The number of benzene rings is 3. The van der Waals surface area contributed by atoms with Crippen LogP contribution in [0.5, 0.6) is 0 Å². The molecule has 1 N–H and O–H groups in total. The average molecular weight is 256 g/mol. The van der Waals surface area contributed by atoms with E-state index in [0.717, 1.165) is 27.1 Å². The summed E-state index contributed by atoms with van der Waals surface area (Å²) in [7, 11) is 0. The second-order valence-corrected chi connectivity index (χ2v) is 4.50. The Bertz CT molecular complexity index is 765. The largest absolute Gasteiger partial charge is 0.411 e. The molecule has 0 radical (unpaired) electrons. The predicted octanol–water partition coefficient (Wildman–Crippen LogP) is 4.45. The summed E-state index contributed by atoms with van der Waals surface area (Å²) in [5.74, 6) is 0.